The SMILES string of the molecule is Cc1ccc2c(CC(=O)Nc3cc(S(=O)(=O)N(C)C)cc(C)c3C)coc2c1. The third-order valence-electron chi connectivity index (χ3n) is 4.86. The number of nitrogens with one attached hydrogen (secondary N) is 1. The van der Waals surface area contributed by atoms with Crippen LogP contribution in [-0.2, 0) is 21.2 Å². The summed E-state index contributed by atoms with van der Waals surface area (Å²) in [6.07, 6.45) is 1.73. The summed E-state index contributed by atoms with van der Waals surface area (Å²) >= 11 is 0. The first-order valence-corrected chi connectivity index (χ1v) is 10.3. The molecule has 0 fully saturated rings. The highest BCUT2D eigenvalue weighted by molar-refractivity contribution is 7.89. The minimum atomic E-state index is -3.59. The van der Waals surface area contributed by atoms with Crippen LogP contribution in [0.2, 0.25) is 0 Å². The lowest BCUT2D eigenvalue weighted by Gasteiger charge is -2.16. The van der Waals surface area contributed by atoms with E-state index in [1.165, 1.54) is 20.2 Å². The van der Waals surface area contributed by atoms with Gasteiger partial charge < -0.3 is 9.73 Å². The van der Waals surface area contributed by atoms with E-state index in [-0.39, 0.29) is 17.2 Å². The molecule has 0 unspecified atom stereocenters. The monoisotopic (exact) mass is 400 g/mol. The van der Waals surface area contributed by atoms with Gasteiger partial charge in [0, 0.05) is 30.7 Å². The molecule has 148 valence electrons. The Hall–Kier alpha value is -2.64. The van der Waals surface area contributed by atoms with Gasteiger partial charge >= 0.3 is 0 Å². The van der Waals surface area contributed by atoms with E-state index in [9.17, 15) is 13.2 Å². The first kappa shape index (κ1) is 20.1. The second kappa shape index (κ2) is 7.41. The number of hydrogen-bond donors (Lipinski definition) is 1. The van der Waals surface area contributed by atoms with E-state index in [2.05, 4.69) is 5.32 Å². The highest BCUT2D eigenvalue weighted by atomic mass is 32.2. The fourth-order valence-electron chi connectivity index (χ4n) is 3.01. The van der Waals surface area contributed by atoms with Gasteiger partial charge in [0.05, 0.1) is 17.6 Å². The van der Waals surface area contributed by atoms with E-state index in [0.717, 1.165) is 37.5 Å². The van der Waals surface area contributed by atoms with Crippen LogP contribution in [-0.4, -0.2) is 32.7 Å². The van der Waals surface area contributed by atoms with Crippen molar-refractivity contribution in [3.05, 3.63) is 58.8 Å². The molecule has 6 nitrogen and oxygen atoms in total. The van der Waals surface area contributed by atoms with Gasteiger partial charge in [0.15, 0.2) is 0 Å². The molecule has 0 aliphatic carbocycles. The van der Waals surface area contributed by atoms with Crippen LogP contribution in [0.5, 0.6) is 0 Å². The van der Waals surface area contributed by atoms with Crippen molar-refractivity contribution in [1.82, 2.24) is 4.31 Å². The molecule has 28 heavy (non-hydrogen) atoms. The Bertz CT molecular complexity index is 1160. The van der Waals surface area contributed by atoms with Gasteiger partial charge in [0.2, 0.25) is 15.9 Å². The normalized spacial score (nSPS) is 11.9. The van der Waals surface area contributed by atoms with E-state index < -0.39 is 10.0 Å². The molecule has 0 radical (unpaired) electrons. The van der Waals surface area contributed by atoms with E-state index in [1.807, 2.05) is 39.0 Å². The number of carbonyl (C=O) groups is 1. The molecular formula is C21H24N2O4S. The zero-order chi connectivity index (χ0) is 20.6. The lowest BCUT2D eigenvalue weighted by atomic mass is 10.1. The van der Waals surface area contributed by atoms with Crippen molar-refractivity contribution in [3.8, 4) is 0 Å². The molecule has 0 aliphatic rings. The lowest BCUT2D eigenvalue weighted by Crippen LogP contribution is -2.23. The van der Waals surface area contributed by atoms with Crippen LogP contribution in [0.25, 0.3) is 11.0 Å². The lowest BCUT2D eigenvalue weighted by molar-refractivity contribution is -0.115. The molecule has 7 heteroatoms. The van der Waals surface area contributed by atoms with Gasteiger partial charge in [-0.25, -0.2) is 12.7 Å². The molecule has 2 aromatic carbocycles. The van der Waals surface area contributed by atoms with Gasteiger partial charge in [-0.05, 0) is 55.7 Å². The highest BCUT2D eigenvalue weighted by Gasteiger charge is 2.20. The zero-order valence-corrected chi connectivity index (χ0v) is 17.5. The number of anilines is 1. The second-order valence-electron chi connectivity index (χ2n) is 7.19. The van der Waals surface area contributed by atoms with Crippen molar-refractivity contribution in [3.63, 3.8) is 0 Å². The van der Waals surface area contributed by atoms with Crippen LogP contribution >= 0.6 is 0 Å². The van der Waals surface area contributed by atoms with Crippen molar-refractivity contribution >= 4 is 32.6 Å². The minimum Gasteiger partial charge on any atom is -0.464 e. The molecule has 0 spiro atoms. The average Bonchev–Trinajstić information content (AvgIpc) is 3.00. The van der Waals surface area contributed by atoms with Crippen molar-refractivity contribution in [2.45, 2.75) is 32.1 Å². The summed E-state index contributed by atoms with van der Waals surface area (Å²) in [5.41, 5.74) is 4.74. The Morgan fingerprint density at radius 3 is 2.50 bits per heavy atom. The number of hydrogen-bond acceptors (Lipinski definition) is 4. The van der Waals surface area contributed by atoms with Gasteiger partial charge in [-0.15, -0.1) is 0 Å². The van der Waals surface area contributed by atoms with Gasteiger partial charge in [-0.1, -0.05) is 12.1 Å². The molecule has 1 aromatic heterocycles. The fourth-order valence-corrected chi connectivity index (χ4v) is 4.02. The zero-order valence-electron chi connectivity index (χ0n) is 16.7. The number of sulfonamides is 1. The average molecular weight is 401 g/mol. The maximum atomic E-state index is 12.6. The first-order valence-electron chi connectivity index (χ1n) is 8.90. The Labute approximate surface area is 165 Å². The molecule has 0 atom stereocenters. The number of amides is 1. The van der Waals surface area contributed by atoms with Crippen molar-refractivity contribution in [1.29, 1.82) is 0 Å². The third-order valence-corrected chi connectivity index (χ3v) is 6.65. The Morgan fingerprint density at radius 1 is 1.11 bits per heavy atom. The fraction of sp³-hybridized carbons (Fsp3) is 0.286. The molecule has 3 aromatic rings. The third kappa shape index (κ3) is 3.81. The highest BCUT2D eigenvalue weighted by Crippen LogP contribution is 2.27. The standard InChI is InChI=1S/C21H24N2O4S/c1-13-6-7-18-16(12-27-20(18)8-13)10-21(24)22-19-11-17(9-14(2)15(19)3)28(25,26)23(4)5/h6-9,11-12H,10H2,1-5H3,(H,22,24). The summed E-state index contributed by atoms with van der Waals surface area (Å²) < 4.78 is 31.6. The van der Waals surface area contributed by atoms with Crippen LogP contribution in [0.3, 0.4) is 0 Å². The van der Waals surface area contributed by atoms with Crippen LogP contribution in [0, 0.1) is 20.8 Å². The molecular weight excluding hydrogens is 376 g/mol. The number of fused-ring (bicyclic) bond motifs is 1. The number of carbonyl (C=O) groups excluding carboxylic acids is 1. The van der Waals surface area contributed by atoms with E-state index in [4.69, 9.17) is 4.42 Å². The number of nitrogens with zero attached hydrogens (tertiary/aromatic N) is 1. The molecule has 0 saturated carbocycles. The number of benzene rings is 2. The van der Waals surface area contributed by atoms with Crippen molar-refractivity contribution in [2.24, 2.45) is 0 Å². The Balaban J connectivity index is 1.88. The van der Waals surface area contributed by atoms with E-state index >= 15 is 0 Å². The van der Waals surface area contributed by atoms with E-state index in [0.29, 0.717) is 5.69 Å². The summed E-state index contributed by atoms with van der Waals surface area (Å²) in [7, 11) is -0.629. The number of rotatable bonds is 5. The maximum absolute atomic E-state index is 12.6. The van der Waals surface area contributed by atoms with Crippen molar-refractivity contribution < 1.29 is 17.6 Å². The molecule has 0 aliphatic heterocycles. The molecule has 1 N–H and O–H groups in total. The maximum Gasteiger partial charge on any atom is 0.242 e. The van der Waals surface area contributed by atoms with E-state index in [1.54, 1.807) is 12.3 Å². The Kier molecular flexibility index (Phi) is 5.32. The molecule has 1 heterocycles. The summed E-state index contributed by atoms with van der Waals surface area (Å²) in [5.74, 6) is -0.231. The predicted octanol–water partition coefficient (Wildman–Crippen LogP) is 3.79. The Morgan fingerprint density at radius 2 is 1.82 bits per heavy atom. The molecule has 1 amide bonds. The number of furan rings is 1. The van der Waals surface area contributed by atoms with Gasteiger partial charge in [-0.2, -0.15) is 0 Å². The molecule has 0 saturated heterocycles. The van der Waals surface area contributed by atoms with Crippen LogP contribution in [0.1, 0.15) is 22.3 Å². The molecule has 0 bridgehead atoms. The molecule has 3 rings (SSSR count). The van der Waals surface area contributed by atoms with Gasteiger partial charge in [0.1, 0.15) is 5.58 Å². The first-order chi connectivity index (χ1) is 13.1. The van der Waals surface area contributed by atoms with Gasteiger partial charge in [0.25, 0.3) is 0 Å². The van der Waals surface area contributed by atoms with Gasteiger partial charge in [-0.3, -0.25) is 4.79 Å². The van der Waals surface area contributed by atoms with Crippen molar-refractivity contribution in [2.75, 3.05) is 19.4 Å². The van der Waals surface area contributed by atoms with Crippen LogP contribution < -0.4 is 5.32 Å². The summed E-state index contributed by atoms with van der Waals surface area (Å²) in [5, 5.41) is 3.75. The quantitative estimate of drug-likeness (QED) is 0.707. The smallest absolute Gasteiger partial charge is 0.242 e. The second-order valence-corrected chi connectivity index (χ2v) is 9.34. The topological polar surface area (TPSA) is 79.6 Å². The minimum absolute atomic E-state index is 0.138. The number of aryl methyl sites for hydroxylation is 2. The summed E-state index contributed by atoms with van der Waals surface area (Å²) in [4.78, 5) is 12.8. The largest absolute Gasteiger partial charge is 0.464 e. The summed E-state index contributed by atoms with van der Waals surface area (Å²) in [6, 6.07) is 8.97. The predicted molar refractivity (Wildman–Crippen MR) is 110 cm³/mol. The van der Waals surface area contributed by atoms with Crippen LogP contribution in [0.15, 0.2) is 45.9 Å². The summed E-state index contributed by atoms with van der Waals surface area (Å²) in [6.45, 7) is 5.66. The van der Waals surface area contributed by atoms with Crippen LogP contribution in [0.4, 0.5) is 5.69 Å².